The summed E-state index contributed by atoms with van der Waals surface area (Å²) in [4.78, 5) is 6.16. The van der Waals surface area contributed by atoms with Crippen LogP contribution in [0, 0.1) is 0 Å². The van der Waals surface area contributed by atoms with E-state index in [1.54, 1.807) is 14.1 Å². The number of nitrogen functional groups attached to an aromatic ring is 1. The number of aromatic nitrogens is 1. The number of rotatable bonds is 4. The second-order valence-corrected chi connectivity index (χ2v) is 4.67. The normalized spacial score (nSPS) is 11.7. The molecule has 7 nitrogen and oxygen atoms in total. The van der Waals surface area contributed by atoms with Crippen molar-refractivity contribution in [2.75, 3.05) is 19.5 Å². The third-order valence-corrected chi connectivity index (χ3v) is 2.96. The van der Waals surface area contributed by atoms with E-state index < -0.39 is 10.0 Å². The molecule has 0 radical (unpaired) electrons. The van der Waals surface area contributed by atoms with Gasteiger partial charge in [0.1, 0.15) is 10.7 Å². The second kappa shape index (κ2) is 4.53. The smallest absolute Gasteiger partial charge is 0.254 e. The number of hydrogen-bond acceptors (Lipinski definition) is 6. The molecular weight excluding hydrogens is 218 g/mol. The van der Waals surface area contributed by atoms with E-state index in [9.17, 15) is 8.42 Å². The largest absolute Gasteiger partial charge is 0.308 e. The summed E-state index contributed by atoms with van der Waals surface area (Å²) < 4.78 is 23.2. The van der Waals surface area contributed by atoms with Crippen LogP contribution in [-0.4, -0.2) is 32.5 Å². The lowest BCUT2D eigenvalue weighted by atomic mass is 10.5. The van der Waals surface area contributed by atoms with Crippen molar-refractivity contribution in [2.24, 2.45) is 5.84 Å². The quantitative estimate of drug-likeness (QED) is 0.459. The Morgan fingerprint density at radius 2 is 2.07 bits per heavy atom. The van der Waals surface area contributed by atoms with Gasteiger partial charge in [-0.3, -0.25) is 0 Å². The van der Waals surface area contributed by atoms with Gasteiger partial charge in [0.15, 0.2) is 0 Å². The number of anilines is 1. The van der Waals surface area contributed by atoms with E-state index in [1.165, 1.54) is 23.3 Å². The molecule has 1 heterocycles. The van der Waals surface area contributed by atoms with E-state index in [2.05, 4.69) is 15.2 Å². The molecule has 0 spiro atoms. The average Bonchev–Trinajstić information content (AvgIpc) is 2.16. The summed E-state index contributed by atoms with van der Waals surface area (Å²) in [5.74, 6) is 5.51. The van der Waals surface area contributed by atoms with E-state index in [0.29, 0.717) is 5.82 Å². The maximum Gasteiger partial charge on any atom is 0.254 e. The molecule has 0 amide bonds. The summed E-state index contributed by atoms with van der Waals surface area (Å²) in [6.07, 6.45) is 1.22. The topological polar surface area (TPSA) is 100 Å². The van der Waals surface area contributed by atoms with Gasteiger partial charge in [-0.1, -0.05) is 0 Å². The maximum absolute atomic E-state index is 11.6. The van der Waals surface area contributed by atoms with E-state index in [0.717, 1.165) is 0 Å². The third kappa shape index (κ3) is 3.13. The Bertz CT molecular complexity index is 414. The van der Waals surface area contributed by atoms with Gasteiger partial charge in [0.2, 0.25) is 0 Å². The molecule has 0 fully saturated rings. The molecule has 0 bridgehead atoms. The molecule has 0 saturated carbocycles. The Morgan fingerprint density at radius 1 is 1.40 bits per heavy atom. The minimum Gasteiger partial charge on any atom is -0.308 e. The van der Waals surface area contributed by atoms with Crippen LogP contribution in [0.15, 0.2) is 23.2 Å². The zero-order valence-corrected chi connectivity index (χ0v) is 9.25. The van der Waals surface area contributed by atoms with Crippen LogP contribution in [0.1, 0.15) is 0 Å². The summed E-state index contributed by atoms with van der Waals surface area (Å²) in [5, 5.41) is 1.34. The first-order valence-electron chi connectivity index (χ1n) is 4.08. The molecule has 0 aliphatic rings. The van der Waals surface area contributed by atoms with Crippen LogP contribution >= 0.6 is 0 Å². The van der Waals surface area contributed by atoms with Gasteiger partial charge in [0.05, 0.1) is 0 Å². The van der Waals surface area contributed by atoms with Crippen molar-refractivity contribution >= 4 is 15.8 Å². The molecule has 8 heteroatoms. The fraction of sp³-hybridized carbons (Fsp3) is 0.286. The van der Waals surface area contributed by atoms with E-state index in [4.69, 9.17) is 5.84 Å². The van der Waals surface area contributed by atoms with E-state index in [-0.39, 0.29) is 4.90 Å². The number of sulfonamides is 1. The monoisotopic (exact) mass is 231 g/mol. The minimum absolute atomic E-state index is 0.0789. The van der Waals surface area contributed by atoms with E-state index in [1.807, 2.05) is 0 Å². The third-order valence-electron chi connectivity index (χ3n) is 1.50. The molecule has 0 aliphatic carbocycles. The number of nitrogens with zero attached hydrogens (tertiary/aromatic N) is 2. The van der Waals surface area contributed by atoms with Crippen molar-refractivity contribution in [3.05, 3.63) is 18.3 Å². The fourth-order valence-electron chi connectivity index (χ4n) is 0.918. The van der Waals surface area contributed by atoms with Crippen LogP contribution in [0.5, 0.6) is 0 Å². The SMILES string of the molecule is CN(C)NS(=O)(=O)c1ccc(NN)nc1. The maximum atomic E-state index is 11.6. The lowest BCUT2D eigenvalue weighted by molar-refractivity contribution is 0.364. The molecule has 0 atom stereocenters. The molecular formula is C7H13N5O2S. The molecule has 84 valence electrons. The highest BCUT2D eigenvalue weighted by atomic mass is 32.2. The molecule has 0 aliphatic heterocycles. The molecule has 4 N–H and O–H groups in total. The first-order chi connectivity index (χ1) is 6.95. The predicted molar refractivity (Wildman–Crippen MR) is 56.1 cm³/mol. The highest BCUT2D eigenvalue weighted by Crippen LogP contribution is 2.09. The Balaban J connectivity index is 2.96. The summed E-state index contributed by atoms with van der Waals surface area (Å²) >= 11 is 0. The van der Waals surface area contributed by atoms with Crippen molar-refractivity contribution in [1.82, 2.24) is 14.8 Å². The molecule has 1 aromatic heterocycles. The van der Waals surface area contributed by atoms with Crippen molar-refractivity contribution in [1.29, 1.82) is 0 Å². The van der Waals surface area contributed by atoms with E-state index >= 15 is 0 Å². The lowest BCUT2D eigenvalue weighted by Crippen LogP contribution is -2.36. The molecule has 15 heavy (non-hydrogen) atoms. The average molecular weight is 231 g/mol. The first kappa shape index (κ1) is 11.9. The van der Waals surface area contributed by atoms with Gasteiger partial charge < -0.3 is 5.43 Å². The van der Waals surface area contributed by atoms with Crippen molar-refractivity contribution < 1.29 is 8.42 Å². The van der Waals surface area contributed by atoms with Gasteiger partial charge in [-0.15, -0.1) is 4.83 Å². The van der Waals surface area contributed by atoms with Gasteiger partial charge >= 0.3 is 0 Å². The zero-order valence-electron chi connectivity index (χ0n) is 8.43. The predicted octanol–water partition coefficient (Wildman–Crippen LogP) is -0.878. The number of pyridine rings is 1. The first-order valence-corrected chi connectivity index (χ1v) is 5.56. The van der Waals surface area contributed by atoms with Gasteiger partial charge in [0.25, 0.3) is 10.0 Å². The summed E-state index contributed by atoms with van der Waals surface area (Å²) in [5.41, 5.74) is 2.31. The van der Waals surface area contributed by atoms with Gasteiger partial charge in [-0.2, -0.15) is 0 Å². The number of nitrogens with two attached hydrogens (primary N) is 1. The Morgan fingerprint density at radius 3 is 2.47 bits per heavy atom. The fourth-order valence-corrected chi connectivity index (χ4v) is 1.94. The minimum atomic E-state index is -3.54. The summed E-state index contributed by atoms with van der Waals surface area (Å²) in [6.45, 7) is 0. The molecule has 1 aromatic rings. The molecule has 0 saturated heterocycles. The van der Waals surface area contributed by atoms with Gasteiger partial charge in [0, 0.05) is 20.3 Å². The van der Waals surface area contributed by atoms with Crippen molar-refractivity contribution in [3.63, 3.8) is 0 Å². The van der Waals surface area contributed by atoms with Crippen molar-refractivity contribution in [3.8, 4) is 0 Å². The zero-order chi connectivity index (χ0) is 11.5. The van der Waals surface area contributed by atoms with Gasteiger partial charge in [-0.25, -0.2) is 24.3 Å². The van der Waals surface area contributed by atoms with Crippen LogP contribution in [0.2, 0.25) is 0 Å². The van der Waals surface area contributed by atoms with Gasteiger partial charge in [-0.05, 0) is 12.1 Å². The highest BCUT2D eigenvalue weighted by molar-refractivity contribution is 7.89. The van der Waals surface area contributed by atoms with Crippen LogP contribution in [0.3, 0.4) is 0 Å². The van der Waals surface area contributed by atoms with Crippen LogP contribution in [0.25, 0.3) is 0 Å². The Kier molecular flexibility index (Phi) is 3.58. The standard InChI is InChI=1S/C7H13N5O2S/c1-12(2)11-15(13,14)6-3-4-7(10-8)9-5-6/h3-5,11H,8H2,1-2H3,(H,9,10). The Labute approximate surface area is 88.3 Å². The van der Waals surface area contributed by atoms with Crippen molar-refractivity contribution in [2.45, 2.75) is 4.90 Å². The highest BCUT2D eigenvalue weighted by Gasteiger charge is 2.14. The molecule has 0 aromatic carbocycles. The Hall–Kier alpha value is -1.22. The number of nitrogens with one attached hydrogen (secondary N) is 2. The van der Waals surface area contributed by atoms with Crippen LogP contribution < -0.4 is 16.1 Å². The van der Waals surface area contributed by atoms with Crippen LogP contribution in [-0.2, 0) is 10.0 Å². The number of hydrazine groups is 2. The number of hydrogen-bond donors (Lipinski definition) is 3. The summed E-state index contributed by atoms with van der Waals surface area (Å²) in [7, 11) is -0.371. The summed E-state index contributed by atoms with van der Waals surface area (Å²) in [6, 6.07) is 2.89. The molecule has 1 rings (SSSR count). The lowest BCUT2D eigenvalue weighted by Gasteiger charge is -2.12. The molecule has 0 unspecified atom stereocenters. The second-order valence-electron chi connectivity index (χ2n) is 3.01. The van der Waals surface area contributed by atoms with Crippen LogP contribution in [0.4, 0.5) is 5.82 Å².